The molecule has 0 aliphatic heterocycles. The zero-order chi connectivity index (χ0) is 49.7. The monoisotopic (exact) mass is 972 g/mol. The van der Waals surface area contributed by atoms with Gasteiger partial charge in [-0.25, -0.2) is 4.90 Å². The molecule has 2 aliphatic rings. The van der Waals surface area contributed by atoms with E-state index in [0.29, 0.717) is 23.5 Å². The van der Waals surface area contributed by atoms with Gasteiger partial charge < -0.3 is 26.2 Å². The lowest BCUT2D eigenvalue weighted by atomic mass is 9.82. The zero-order valence-corrected chi connectivity index (χ0v) is 42.8. The summed E-state index contributed by atoms with van der Waals surface area (Å²) < 4.78 is 0. The number of hydrogen-bond acceptors (Lipinski definition) is 9. The molecule has 0 spiro atoms. The third-order valence-corrected chi connectivity index (χ3v) is 13.1. The SMILES string of the molecule is C#CC#CC#CC#CC#CC#CC#CC#CC#CN(c1ccc(N)cc1)c1nc(NCCCC2CCC(N(CCCC)CCCC)CC2)nc(NCCCC2CCC(N(CCCC)CCCC)CC2)n1.[HH].[HH].[HH].[HH].[HH].[HH].[HH].[HH].[HH].[HH].[HH].[HH].[HH].[HH].[HH].[HH].[HH].[HH]. The lowest BCUT2D eigenvalue weighted by Gasteiger charge is -2.37. The van der Waals surface area contributed by atoms with Crippen LogP contribution in [-0.4, -0.2) is 76.1 Å². The Morgan fingerprint density at radius 1 is 0.514 bits per heavy atom. The van der Waals surface area contributed by atoms with Gasteiger partial charge in [0.1, 0.15) is 0 Å². The fourth-order valence-corrected chi connectivity index (χ4v) is 9.18. The van der Waals surface area contributed by atoms with Crippen LogP contribution in [0.2, 0.25) is 0 Å². The summed E-state index contributed by atoms with van der Waals surface area (Å²) in [7, 11) is 0. The summed E-state index contributed by atoms with van der Waals surface area (Å²) in [4.78, 5) is 22.0. The predicted octanol–water partition coefficient (Wildman–Crippen LogP) is 14.9. The van der Waals surface area contributed by atoms with E-state index in [1.54, 1.807) is 4.90 Å². The molecule has 2 fully saturated rings. The number of hydrogen-bond donors (Lipinski definition) is 3. The first-order valence-corrected chi connectivity index (χ1v) is 26.3. The molecule has 0 saturated heterocycles. The standard InChI is InChI=1S/C61H77N9.18H2/c1-6-11-16-17-18-19-20-21-22-23-24-25-26-27-28-29-52-70(58-44-38-55(62)39-45-58)61-66-59(63-46-30-32-53-34-40-56(41-35-53)68(48-12-7-2)49-13-8-3)65-60(67-61)64-47-31-33-54-36-42-57(43-37-54)69(50-14-9-4)51-15-10-5;;;;;;;;;;;;;;;;;;/h1,38-39,44-45,53-54,56-57H,7-10,12-15,30-37,40-43,46-51,62H2,2-5H3,(H2,63,64,65,66,67);18*1H. The maximum absolute atomic E-state index is 6.11. The van der Waals surface area contributed by atoms with Gasteiger partial charge in [0.05, 0.1) is 5.69 Å². The van der Waals surface area contributed by atoms with Gasteiger partial charge in [-0.15, -0.1) is 6.42 Å². The Hall–Kier alpha value is -6.61. The van der Waals surface area contributed by atoms with E-state index in [0.717, 1.165) is 55.5 Å². The molecule has 0 atom stereocenters. The van der Waals surface area contributed by atoms with Gasteiger partial charge in [-0.1, -0.05) is 53.4 Å². The second-order valence-electron chi connectivity index (χ2n) is 18.3. The highest BCUT2D eigenvalue weighted by Gasteiger charge is 2.27. The number of benzene rings is 1. The van der Waals surface area contributed by atoms with Crippen molar-refractivity contribution in [1.29, 1.82) is 0 Å². The Balaban J connectivity index is -0.000000228. The van der Waals surface area contributed by atoms with Gasteiger partial charge in [0.2, 0.25) is 17.8 Å². The number of nitrogens with two attached hydrogens (primary N) is 1. The van der Waals surface area contributed by atoms with Gasteiger partial charge in [0, 0.05) is 110 Å². The fraction of sp³-hybridized carbons (Fsp3) is 0.557. The van der Waals surface area contributed by atoms with Gasteiger partial charge in [-0.3, -0.25) is 0 Å². The highest BCUT2D eigenvalue weighted by atomic mass is 15.3. The van der Waals surface area contributed by atoms with E-state index in [1.165, 1.54) is 142 Å². The minimum atomic E-state index is 0. The van der Waals surface area contributed by atoms with Gasteiger partial charge in [0.15, 0.2) is 0 Å². The van der Waals surface area contributed by atoms with Gasteiger partial charge in [-0.2, -0.15) is 15.0 Å². The lowest BCUT2D eigenvalue weighted by molar-refractivity contribution is 0.130. The van der Waals surface area contributed by atoms with Crippen LogP contribution in [0.4, 0.5) is 29.2 Å². The summed E-state index contributed by atoms with van der Waals surface area (Å²) in [6, 6.07) is 12.1. The molecule has 1 aromatic heterocycles. The lowest BCUT2D eigenvalue weighted by Crippen LogP contribution is -2.39. The first-order chi connectivity index (χ1) is 34.5. The van der Waals surface area contributed by atoms with E-state index < -0.39 is 0 Å². The Morgan fingerprint density at radius 2 is 0.886 bits per heavy atom. The van der Waals surface area contributed by atoms with Crippen LogP contribution in [0.15, 0.2) is 24.3 Å². The zero-order valence-electron chi connectivity index (χ0n) is 42.8. The van der Waals surface area contributed by atoms with Gasteiger partial charge >= 0.3 is 0 Å². The van der Waals surface area contributed by atoms with Crippen molar-refractivity contribution < 1.29 is 25.7 Å². The third kappa shape index (κ3) is 22.7. The number of terminal acetylenes is 1. The molecule has 4 N–H and O–H groups in total. The van der Waals surface area contributed by atoms with Crippen molar-refractivity contribution >= 4 is 29.2 Å². The molecule has 2 aromatic rings. The van der Waals surface area contributed by atoms with E-state index in [-0.39, 0.29) is 25.7 Å². The Kier molecular flexibility index (Phi) is 28.4. The Morgan fingerprint density at radius 3 is 1.26 bits per heavy atom. The molecule has 1 aromatic carbocycles. The summed E-state index contributed by atoms with van der Waals surface area (Å²) >= 11 is 0. The van der Waals surface area contributed by atoms with Crippen LogP contribution in [0.3, 0.4) is 0 Å². The summed E-state index contributed by atoms with van der Waals surface area (Å²) in [5.74, 6) is 44.4. The largest absolute Gasteiger partial charge is 0.399 e. The Bertz CT molecular complexity index is 2410. The number of nitrogens with one attached hydrogen (secondary N) is 2. The number of nitrogens with zero attached hydrogens (tertiary/aromatic N) is 6. The molecule has 4 rings (SSSR count). The maximum Gasteiger partial charge on any atom is 0.248 e. The highest BCUT2D eigenvalue weighted by molar-refractivity contribution is 5.67. The fourth-order valence-electron chi connectivity index (χ4n) is 9.18. The molecule has 402 valence electrons. The number of unbranched alkanes of at least 4 members (excludes halogenated alkanes) is 4. The molecule has 2 saturated carbocycles. The van der Waals surface area contributed by atoms with Crippen LogP contribution in [0.1, 0.15) is 182 Å². The van der Waals surface area contributed by atoms with Crippen molar-refractivity contribution in [2.75, 3.05) is 60.5 Å². The molecule has 0 radical (unpaired) electrons. The number of nitrogen functional groups attached to an aromatic ring is 1. The van der Waals surface area contributed by atoms with Crippen LogP contribution in [0, 0.1) is 119 Å². The molecule has 2 aliphatic carbocycles. The smallest absolute Gasteiger partial charge is 0.248 e. The molecular formula is C61H113N9. The average molecular weight is 973 g/mol. The minimum absolute atomic E-state index is 0. The number of aromatic nitrogens is 3. The molecule has 1 heterocycles. The number of rotatable bonds is 26. The van der Waals surface area contributed by atoms with Crippen LogP contribution in [0.5, 0.6) is 0 Å². The first kappa shape index (κ1) is 56.0. The highest BCUT2D eigenvalue weighted by Crippen LogP contribution is 2.33. The topological polar surface area (TPSA) is 98.5 Å². The minimum Gasteiger partial charge on any atom is -0.399 e. The van der Waals surface area contributed by atoms with Crippen LogP contribution < -0.4 is 21.3 Å². The predicted molar refractivity (Wildman–Crippen MR) is 332 cm³/mol. The summed E-state index contributed by atoms with van der Waals surface area (Å²) in [5, 5.41) is 7.11. The summed E-state index contributed by atoms with van der Waals surface area (Å²) in [6.45, 7) is 15.7. The molecule has 0 unspecified atom stereocenters. The van der Waals surface area contributed by atoms with Crippen LogP contribution in [-0.2, 0) is 0 Å². The Labute approximate surface area is 451 Å². The van der Waals surface area contributed by atoms with Crippen molar-refractivity contribution in [3.8, 4) is 107 Å². The van der Waals surface area contributed by atoms with E-state index in [9.17, 15) is 0 Å². The maximum atomic E-state index is 6.11. The molecule has 9 nitrogen and oxygen atoms in total. The van der Waals surface area contributed by atoms with Crippen molar-refractivity contribution in [2.45, 2.75) is 168 Å². The third-order valence-electron chi connectivity index (χ3n) is 13.1. The summed E-state index contributed by atoms with van der Waals surface area (Å²) in [5.41, 5.74) is 7.49. The van der Waals surface area contributed by atoms with Crippen molar-refractivity contribution in [1.82, 2.24) is 24.8 Å². The van der Waals surface area contributed by atoms with Crippen molar-refractivity contribution in [2.24, 2.45) is 11.8 Å². The molecule has 0 amide bonds. The molecule has 9 heteroatoms. The summed E-state index contributed by atoms with van der Waals surface area (Å²) in [6.07, 6.45) is 30.3. The second-order valence-corrected chi connectivity index (χ2v) is 18.3. The van der Waals surface area contributed by atoms with Crippen molar-refractivity contribution in [3.63, 3.8) is 0 Å². The van der Waals surface area contributed by atoms with Gasteiger partial charge in [-0.05, 0) is 212 Å². The van der Waals surface area contributed by atoms with E-state index >= 15 is 0 Å². The van der Waals surface area contributed by atoms with E-state index in [1.807, 2.05) is 24.3 Å². The second kappa shape index (κ2) is 35.5. The number of anilines is 5. The quantitative estimate of drug-likeness (QED) is 0.0368. The van der Waals surface area contributed by atoms with Crippen LogP contribution >= 0.6 is 0 Å². The van der Waals surface area contributed by atoms with Crippen molar-refractivity contribution in [3.05, 3.63) is 24.3 Å². The average Bonchev–Trinajstić information content (AvgIpc) is 3.38. The molecule has 70 heavy (non-hydrogen) atoms. The van der Waals surface area contributed by atoms with E-state index in [4.69, 9.17) is 27.1 Å². The van der Waals surface area contributed by atoms with Crippen LogP contribution in [0.25, 0.3) is 0 Å². The normalized spacial score (nSPS) is 16.5. The van der Waals surface area contributed by atoms with Gasteiger partial charge in [0.25, 0.3) is 0 Å². The first-order valence-electron chi connectivity index (χ1n) is 26.3. The molecular weight excluding hydrogens is 859 g/mol. The molecule has 0 bridgehead atoms. The van der Waals surface area contributed by atoms with E-state index in [2.05, 4.69) is 149 Å².